The number of aromatic hydroxyl groups is 1. The Morgan fingerprint density at radius 3 is 2.42 bits per heavy atom. The van der Waals surface area contributed by atoms with Crippen LogP contribution in [0.25, 0.3) is 0 Å². The van der Waals surface area contributed by atoms with Gasteiger partial charge in [0.2, 0.25) is 0 Å². The molecule has 3 atom stereocenters. The van der Waals surface area contributed by atoms with E-state index in [0.29, 0.717) is 12.0 Å². The molecule has 0 bridgehead atoms. The first-order chi connectivity index (χ1) is 15.5. The fraction of sp³-hybridized carbons (Fsp3) is 0.400. The maximum absolute atomic E-state index is 13.2. The fourth-order valence-electron chi connectivity index (χ4n) is 4.37. The van der Waals surface area contributed by atoms with Crippen LogP contribution in [0.2, 0.25) is 0 Å². The van der Waals surface area contributed by atoms with Crippen LogP contribution < -0.4 is 5.32 Å². The lowest BCUT2D eigenvalue weighted by Crippen LogP contribution is -2.56. The lowest BCUT2D eigenvalue weighted by molar-refractivity contribution is -0.155. The molecule has 1 fully saturated rings. The molecule has 1 heterocycles. The highest BCUT2D eigenvalue weighted by Crippen LogP contribution is 2.36. The van der Waals surface area contributed by atoms with Crippen molar-refractivity contribution in [2.45, 2.75) is 51.8 Å². The topological polar surface area (TPSA) is 127 Å². The number of nitrogens with one attached hydrogen (secondary N) is 1. The molecule has 2 amide bonds. The third-order valence-corrected chi connectivity index (χ3v) is 6.36. The number of carbonyl (C=O) groups is 3. The number of phenolic OH excluding ortho intramolecular Hbond substituents is 1. The number of benzene rings is 2. The third kappa shape index (κ3) is 5.17. The van der Waals surface area contributed by atoms with Crippen molar-refractivity contribution in [1.29, 1.82) is 0 Å². The summed E-state index contributed by atoms with van der Waals surface area (Å²) in [6.07, 6.45) is -1.00. The molecule has 1 aliphatic heterocycles. The average molecular weight is 455 g/mol. The maximum Gasteiger partial charge on any atom is 0.326 e. The Hall–Kier alpha value is -3.39. The van der Waals surface area contributed by atoms with Crippen molar-refractivity contribution >= 4 is 17.8 Å². The number of aliphatic carboxylic acids is 1. The SMILES string of the molecule is Cc1c(O)cccc1C(=O)N[C@@H](Cc1ccccc1)[C@H](O)C(=O)N1CCC(C)(C)C1C(=O)O. The van der Waals surface area contributed by atoms with Gasteiger partial charge in [-0.05, 0) is 42.9 Å². The van der Waals surface area contributed by atoms with Crippen LogP contribution >= 0.6 is 0 Å². The molecule has 2 aromatic carbocycles. The van der Waals surface area contributed by atoms with E-state index >= 15 is 0 Å². The molecular formula is C25H30N2O6. The maximum atomic E-state index is 13.2. The molecule has 0 aromatic heterocycles. The summed E-state index contributed by atoms with van der Waals surface area (Å²) < 4.78 is 0. The van der Waals surface area contributed by atoms with Crippen LogP contribution in [0.3, 0.4) is 0 Å². The van der Waals surface area contributed by atoms with Gasteiger partial charge in [0, 0.05) is 17.7 Å². The second-order valence-electron chi connectivity index (χ2n) is 9.18. The molecular weight excluding hydrogens is 424 g/mol. The predicted octanol–water partition coefficient (Wildman–Crippen LogP) is 2.11. The zero-order valence-corrected chi connectivity index (χ0v) is 19.0. The zero-order valence-electron chi connectivity index (χ0n) is 19.0. The number of hydrogen-bond acceptors (Lipinski definition) is 5. The van der Waals surface area contributed by atoms with E-state index in [-0.39, 0.29) is 24.3 Å². The van der Waals surface area contributed by atoms with E-state index in [1.54, 1.807) is 26.8 Å². The predicted molar refractivity (Wildman–Crippen MR) is 122 cm³/mol. The number of phenols is 1. The zero-order chi connectivity index (χ0) is 24.3. The summed E-state index contributed by atoms with van der Waals surface area (Å²) in [5.41, 5.74) is 0.747. The Morgan fingerprint density at radius 2 is 1.79 bits per heavy atom. The number of rotatable bonds is 7. The number of carboxylic acids is 1. The molecule has 2 aromatic rings. The van der Waals surface area contributed by atoms with Crippen molar-refractivity contribution < 1.29 is 29.7 Å². The highest BCUT2D eigenvalue weighted by atomic mass is 16.4. The lowest BCUT2D eigenvalue weighted by Gasteiger charge is -2.32. The van der Waals surface area contributed by atoms with Crippen molar-refractivity contribution in [2.24, 2.45) is 5.41 Å². The van der Waals surface area contributed by atoms with Crippen molar-refractivity contribution in [1.82, 2.24) is 10.2 Å². The first-order valence-electron chi connectivity index (χ1n) is 10.9. The molecule has 1 saturated heterocycles. The Bertz CT molecular complexity index is 1040. The van der Waals surface area contributed by atoms with Gasteiger partial charge < -0.3 is 25.5 Å². The minimum Gasteiger partial charge on any atom is -0.508 e. The average Bonchev–Trinajstić information content (AvgIpc) is 3.10. The van der Waals surface area contributed by atoms with E-state index < -0.39 is 41.4 Å². The molecule has 33 heavy (non-hydrogen) atoms. The number of likely N-dealkylation sites (tertiary alicyclic amines) is 1. The molecule has 0 radical (unpaired) electrons. The van der Waals surface area contributed by atoms with Gasteiger partial charge in [-0.3, -0.25) is 9.59 Å². The molecule has 4 N–H and O–H groups in total. The van der Waals surface area contributed by atoms with Crippen LogP contribution in [-0.4, -0.2) is 62.7 Å². The van der Waals surface area contributed by atoms with Crippen LogP contribution in [0.1, 0.15) is 41.8 Å². The number of amides is 2. The van der Waals surface area contributed by atoms with Crippen LogP contribution in [0.15, 0.2) is 48.5 Å². The summed E-state index contributed by atoms with van der Waals surface area (Å²) in [5.74, 6) is -2.45. The van der Waals surface area contributed by atoms with Gasteiger partial charge in [0.25, 0.3) is 11.8 Å². The minimum absolute atomic E-state index is 0.0394. The van der Waals surface area contributed by atoms with Gasteiger partial charge in [-0.2, -0.15) is 0 Å². The first-order valence-corrected chi connectivity index (χ1v) is 10.9. The second kappa shape index (κ2) is 9.62. The molecule has 8 nitrogen and oxygen atoms in total. The van der Waals surface area contributed by atoms with Gasteiger partial charge in [0.15, 0.2) is 6.10 Å². The van der Waals surface area contributed by atoms with Crippen molar-refractivity contribution in [3.05, 3.63) is 65.2 Å². The largest absolute Gasteiger partial charge is 0.508 e. The smallest absolute Gasteiger partial charge is 0.326 e. The fourth-order valence-corrected chi connectivity index (χ4v) is 4.37. The Labute approximate surface area is 192 Å². The van der Waals surface area contributed by atoms with E-state index in [9.17, 15) is 29.7 Å². The highest BCUT2D eigenvalue weighted by Gasteiger charge is 2.49. The van der Waals surface area contributed by atoms with Crippen molar-refractivity contribution in [3.8, 4) is 5.75 Å². The number of aliphatic hydroxyl groups is 1. The third-order valence-electron chi connectivity index (χ3n) is 6.36. The van der Waals surface area contributed by atoms with Gasteiger partial charge in [-0.1, -0.05) is 50.2 Å². The molecule has 176 valence electrons. The van der Waals surface area contributed by atoms with E-state index in [1.807, 2.05) is 30.3 Å². The van der Waals surface area contributed by atoms with E-state index in [2.05, 4.69) is 5.32 Å². The molecule has 0 saturated carbocycles. The van der Waals surface area contributed by atoms with Gasteiger partial charge in [-0.15, -0.1) is 0 Å². The van der Waals surface area contributed by atoms with Gasteiger partial charge in [0.05, 0.1) is 6.04 Å². The first kappa shape index (κ1) is 24.3. The molecule has 8 heteroatoms. The Kier molecular flexibility index (Phi) is 7.07. The van der Waals surface area contributed by atoms with Crippen LogP contribution in [0, 0.1) is 12.3 Å². The van der Waals surface area contributed by atoms with Crippen molar-refractivity contribution in [3.63, 3.8) is 0 Å². The molecule has 1 aliphatic rings. The number of nitrogens with zero attached hydrogens (tertiary/aromatic N) is 1. The normalized spacial score (nSPS) is 19.0. The molecule has 1 unspecified atom stereocenters. The molecule has 3 rings (SSSR count). The summed E-state index contributed by atoms with van der Waals surface area (Å²) in [4.78, 5) is 39.3. The summed E-state index contributed by atoms with van der Waals surface area (Å²) in [5, 5.41) is 33.4. The van der Waals surface area contributed by atoms with Gasteiger partial charge in [0.1, 0.15) is 11.8 Å². The summed E-state index contributed by atoms with van der Waals surface area (Å²) >= 11 is 0. The summed E-state index contributed by atoms with van der Waals surface area (Å²) in [6, 6.07) is 11.6. The quantitative estimate of drug-likeness (QED) is 0.508. The summed E-state index contributed by atoms with van der Waals surface area (Å²) in [7, 11) is 0. The number of hydrogen-bond donors (Lipinski definition) is 4. The molecule has 0 aliphatic carbocycles. The Morgan fingerprint density at radius 1 is 1.12 bits per heavy atom. The monoisotopic (exact) mass is 454 g/mol. The van der Waals surface area contributed by atoms with Crippen LogP contribution in [-0.2, 0) is 16.0 Å². The number of carbonyl (C=O) groups excluding carboxylic acids is 2. The molecule has 0 spiro atoms. The van der Waals surface area contributed by atoms with E-state index in [4.69, 9.17) is 0 Å². The van der Waals surface area contributed by atoms with E-state index in [1.165, 1.54) is 17.0 Å². The van der Waals surface area contributed by atoms with Gasteiger partial charge >= 0.3 is 5.97 Å². The van der Waals surface area contributed by atoms with Crippen molar-refractivity contribution in [2.75, 3.05) is 6.54 Å². The summed E-state index contributed by atoms with van der Waals surface area (Å²) in [6.45, 7) is 5.36. The van der Waals surface area contributed by atoms with E-state index in [0.717, 1.165) is 5.56 Å². The number of carboxylic acid groups (broad SMARTS) is 1. The van der Waals surface area contributed by atoms with Crippen LogP contribution in [0.5, 0.6) is 5.75 Å². The second-order valence-corrected chi connectivity index (χ2v) is 9.18. The standard InChI is InChI=1S/C25H30N2O6/c1-15-17(10-7-11-19(15)28)22(30)26-18(14-16-8-5-4-6-9-16)20(29)23(31)27-13-12-25(2,3)21(27)24(32)33/h4-11,18,20-21,28-29H,12-14H2,1-3H3,(H,26,30)(H,32,33)/t18-,20-,21?/m0/s1. The van der Waals surface area contributed by atoms with Crippen LogP contribution in [0.4, 0.5) is 0 Å². The highest BCUT2D eigenvalue weighted by molar-refractivity contribution is 5.97. The van der Waals surface area contributed by atoms with Gasteiger partial charge in [-0.25, -0.2) is 4.79 Å². The lowest BCUT2D eigenvalue weighted by atomic mass is 9.84. The Balaban J connectivity index is 1.88. The number of aliphatic hydroxyl groups excluding tert-OH is 1. The minimum atomic E-state index is -1.65.